The van der Waals surface area contributed by atoms with E-state index in [1.807, 2.05) is 6.07 Å². The number of hydrogen-bond acceptors (Lipinski definition) is 4. The second-order valence-electron chi connectivity index (χ2n) is 2.91. The predicted octanol–water partition coefficient (Wildman–Crippen LogP) is 0.957. The van der Waals surface area contributed by atoms with Crippen molar-refractivity contribution in [3.63, 3.8) is 0 Å². The Balaban J connectivity index is 2.99. The van der Waals surface area contributed by atoms with Crippen LogP contribution in [0.1, 0.15) is 10.4 Å². The summed E-state index contributed by atoms with van der Waals surface area (Å²) in [4.78, 5) is 11.7. The van der Waals surface area contributed by atoms with Crippen LogP contribution < -0.4 is 14.8 Å². The Morgan fingerprint density at radius 3 is 2.75 bits per heavy atom. The van der Waals surface area contributed by atoms with Gasteiger partial charge in [0, 0.05) is 0 Å². The van der Waals surface area contributed by atoms with Gasteiger partial charge in [-0.05, 0) is 18.2 Å². The van der Waals surface area contributed by atoms with Crippen LogP contribution in [0.15, 0.2) is 18.2 Å². The molecule has 84 valence electrons. The Morgan fingerprint density at radius 2 is 2.19 bits per heavy atom. The molecule has 0 aliphatic carbocycles. The third-order valence-electron chi connectivity index (χ3n) is 1.98. The van der Waals surface area contributed by atoms with Gasteiger partial charge in [-0.15, -0.1) is 0 Å². The highest BCUT2D eigenvalue weighted by Gasteiger charge is 2.12. The molecule has 0 heterocycles. The highest BCUT2D eigenvalue weighted by atomic mass is 16.5. The molecular weight excluding hydrogens is 208 g/mol. The molecule has 0 atom stereocenters. The largest absolute Gasteiger partial charge is 0.497 e. The topological polar surface area (TPSA) is 71.3 Å². The number of amides is 1. The number of hydrogen-bond donors (Lipinski definition) is 1. The Labute approximate surface area is 93.6 Å². The normalized spacial score (nSPS) is 9.06. The second kappa shape index (κ2) is 5.61. The number of carbonyl (C=O) groups excluding carboxylic acids is 1. The lowest BCUT2D eigenvalue weighted by atomic mass is 10.1. The third-order valence-corrected chi connectivity index (χ3v) is 1.98. The molecule has 5 nitrogen and oxygen atoms in total. The monoisotopic (exact) mass is 220 g/mol. The summed E-state index contributed by atoms with van der Waals surface area (Å²) >= 11 is 0. The summed E-state index contributed by atoms with van der Waals surface area (Å²) in [5.41, 5.74) is 0.345. The molecule has 0 aliphatic heterocycles. The lowest BCUT2D eigenvalue weighted by Gasteiger charge is -2.09. The maximum absolute atomic E-state index is 11.7. The van der Waals surface area contributed by atoms with Crippen molar-refractivity contribution < 1.29 is 14.3 Å². The van der Waals surface area contributed by atoms with Gasteiger partial charge in [-0.3, -0.25) is 4.79 Å². The van der Waals surface area contributed by atoms with E-state index >= 15 is 0 Å². The van der Waals surface area contributed by atoms with E-state index in [9.17, 15) is 4.79 Å². The van der Waals surface area contributed by atoms with Crippen molar-refractivity contribution in [3.8, 4) is 17.6 Å². The number of benzene rings is 1. The van der Waals surface area contributed by atoms with Crippen LogP contribution in [0, 0.1) is 11.3 Å². The van der Waals surface area contributed by atoms with Crippen LogP contribution in [0.5, 0.6) is 11.5 Å². The summed E-state index contributed by atoms with van der Waals surface area (Å²) < 4.78 is 10.1. The predicted molar refractivity (Wildman–Crippen MR) is 57.5 cm³/mol. The molecule has 0 saturated carbocycles. The highest BCUT2D eigenvalue weighted by molar-refractivity contribution is 5.97. The summed E-state index contributed by atoms with van der Waals surface area (Å²) in [6.07, 6.45) is 0. The van der Waals surface area contributed by atoms with Crippen LogP contribution in [0.4, 0.5) is 0 Å². The SMILES string of the molecule is COc1ccc(OC)c(C(=O)NCC#N)c1. The summed E-state index contributed by atoms with van der Waals surface area (Å²) in [5, 5.41) is 10.8. The molecule has 0 spiro atoms. The smallest absolute Gasteiger partial charge is 0.256 e. The van der Waals surface area contributed by atoms with Gasteiger partial charge in [-0.2, -0.15) is 5.26 Å². The van der Waals surface area contributed by atoms with Gasteiger partial charge in [0.25, 0.3) is 5.91 Å². The molecule has 5 heteroatoms. The Morgan fingerprint density at radius 1 is 1.44 bits per heavy atom. The van der Waals surface area contributed by atoms with E-state index < -0.39 is 0 Å². The third kappa shape index (κ3) is 2.64. The van der Waals surface area contributed by atoms with Gasteiger partial charge < -0.3 is 14.8 Å². The first-order valence-electron chi connectivity index (χ1n) is 4.60. The Kier molecular flexibility index (Phi) is 4.16. The molecule has 0 saturated heterocycles. The summed E-state index contributed by atoms with van der Waals surface area (Å²) in [6, 6.07) is 6.72. The first-order chi connectivity index (χ1) is 7.72. The number of nitrogens with one attached hydrogen (secondary N) is 1. The van der Waals surface area contributed by atoms with E-state index in [0.29, 0.717) is 17.1 Å². The molecule has 1 aromatic rings. The number of rotatable bonds is 4. The van der Waals surface area contributed by atoms with Crippen LogP contribution in [-0.4, -0.2) is 26.7 Å². The Hall–Kier alpha value is -2.22. The van der Waals surface area contributed by atoms with Gasteiger partial charge in [-0.1, -0.05) is 0 Å². The minimum absolute atomic E-state index is 0.0425. The zero-order chi connectivity index (χ0) is 12.0. The first kappa shape index (κ1) is 11.9. The number of carbonyl (C=O) groups is 1. The molecule has 0 aliphatic rings. The number of ether oxygens (including phenoxy) is 2. The van der Waals surface area contributed by atoms with E-state index in [4.69, 9.17) is 14.7 Å². The minimum Gasteiger partial charge on any atom is -0.497 e. The second-order valence-corrected chi connectivity index (χ2v) is 2.91. The number of nitriles is 1. The molecule has 0 radical (unpaired) electrons. The molecule has 1 amide bonds. The van der Waals surface area contributed by atoms with Gasteiger partial charge in [-0.25, -0.2) is 0 Å². The molecule has 1 N–H and O–H groups in total. The van der Waals surface area contributed by atoms with E-state index in [1.165, 1.54) is 14.2 Å². The van der Waals surface area contributed by atoms with E-state index in [-0.39, 0.29) is 12.5 Å². The number of methoxy groups -OCH3 is 2. The lowest BCUT2D eigenvalue weighted by molar-refractivity contribution is 0.0955. The van der Waals surface area contributed by atoms with Gasteiger partial charge in [0.05, 0.1) is 25.9 Å². The number of nitrogens with zero attached hydrogens (tertiary/aromatic N) is 1. The molecule has 1 aromatic carbocycles. The quantitative estimate of drug-likeness (QED) is 0.767. The zero-order valence-electron chi connectivity index (χ0n) is 9.11. The van der Waals surface area contributed by atoms with Crippen LogP contribution in [0.2, 0.25) is 0 Å². The van der Waals surface area contributed by atoms with Crippen LogP contribution in [0.25, 0.3) is 0 Å². The van der Waals surface area contributed by atoms with Crippen LogP contribution in [0.3, 0.4) is 0 Å². The van der Waals surface area contributed by atoms with Crippen LogP contribution >= 0.6 is 0 Å². The van der Waals surface area contributed by atoms with Crippen molar-refractivity contribution in [2.45, 2.75) is 0 Å². The van der Waals surface area contributed by atoms with Crippen molar-refractivity contribution in [1.29, 1.82) is 5.26 Å². The molecule has 0 unspecified atom stereocenters. The fraction of sp³-hybridized carbons (Fsp3) is 0.273. The van der Waals surface area contributed by atoms with Crippen molar-refractivity contribution in [1.82, 2.24) is 5.32 Å². The fourth-order valence-corrected chi connectivity index (χ4v) is 1.21. The molecule has 16 heavy (non-hydrogen) atoms. The summed E-state index contributed by atoms with van der Waals surface area (Å²) in [7, 11) is 2.99. The molecule has 0 bridgehead atoms. The average Bonchev–Trinajstić information content (AvgIpc) is 2.35. The van der Waals surface area contributed by atoms with Crippen molar-refractivity contribution in [2.24, 2.45) is 0 Å². The lowest BCUT2D eigenvalue weighted by Crippen LogP contribution is -2.24. The fourth-order valence-electron chi connectivity index (χ4n) is 1.21. The standard InChI is InChI=1S/C11H12N2O3/c1-15-8-3-4-10(16-2)9(7-8)11(14)13-6-5-12/h3-4,7H,6H2,1-2H3,(H,13,14). The van der Waals surface area contributed by atoms with Gasteiger partial charge >= 0.3 is 0 Å². The van der Waals surface area contributed by atoms with Crippen molar-refractivity contribution in [3.05, 3.63) is 23.8 Å². The maximum atomic E-state index is 11.7. The molecule has 0 fully saturated rings. The van der Waals surface area contributed by atoms with Crippen molar-refractivity contribution in [2.75, 3.05) is 20.8 Å². The van der Waals surface area contributed by atoms with Gasteiger partial charge in [0.1, 0.15) is 18.0 Å². The Bertz CT molecular complexity index is 424. The molecular formula is C11H12N2O3. The minimum atomic E-state index is -0.364. The van der Waals surface area contributed by atoms with E-state index in [0.717, 1.165) is 0 Å². The summed E-state index contributed by atoms with van der Waals surface area (Å²) in [6.45, 7) is -0.0425. The zero-order valence-corrected chi connectivity index (χ0v) is 9.11. The van der Waals surface area contributed by atoms with Crippen molar-refractivity contribution >= 4 is 5.91 Å². The first-order valence-corrected chi connectivity index (χ1v) is 4.60. The summed E-state index contributed by atoms with van der Waals surface area (Å²) in [5.74, 6) is 0.636. The van der Waals surface area contributed by atoms with Gasteiger partial charge in [0.2, 0.25) is 0 Å². The van der Waals surface area contributed by atoms with Crippen LogP contribution in [-0.2, 0) is 0 Å². The highest BCUT2D eigenvalue weighted by Crippen LogP contribution is 2.23. The molecule has 1 rings (SSSR count). The van der Waals surface area contributed by atoms with E-state index in [1.54, 1.807) is 18.2 Å². The maximum Gasteiger partial charge on any atom is 0.256 e. The molecule has 0 aromatic heterocycles. The van der Waals surface area contributed by atoms with E-state index in [2.05, 4.69) is 5.32 Å². The van der Waals surface area contributed by atoms with Gasteiger partial charge in [0.15, 0.2) is 0 Å². The average molecular weight is 220 g/mol.